The SMILES string of the molecule is CCOC(=O)C1=CCCN(CCO/N=C(/c2ccccc2)c2ccccc2Cl)C1.Cl. The molecule has 0 aromatic heterocycles. The van der Waals surface area contributed by atoms with Crippen molar-refractivity contribution >= 4 is 35.7 Å². The summed E-state index contributed by atoms with van der Waals surface area (Å²) in [7, 11) is 0. The summed E-state index contributed by atoms with van der Waals surface area (Å²) < 4.78 is 5.10. The Morgan fingerprint density at radius 3 is 2.60 bits per heavy atom. The zero-order valence-corrected chi connectivity index (χ0v) is 18.5. The second-order valence-electron chi connectivity index (χ2n) is 6.63. The molecule has 0 radical (unpaired) electrons. The molecule has 0 bridgehead atoms. The first-order chi connectivity index (χ1) is 14.2. The van der Waals surface area contributed by atoms with E-state index in [0.717, 1.165) is 24.1 Å². The number of carbonyl (C=O) groups is 1. The maximum absolute atomic E-state index is 11.9. The fourth-order valence-electron chi connectivity index (χ4n) is 3.16. The van der Waals surface area contributed by atoms with Gasteiger partial charge in [0, 0.05) is 36.3 Å². The minimum absolute atomic E-state index is 0. The molecule has 0 fully saturated rings. The van der Waals surface area contributed by atoms with Crippen LogP contribution in [0.2, 0.25) is 5.02 Å². The predicted molar refractivity (Wildman–Crippen MR) is 123 cm³/mol. The van der Waals surface area contributed by atoms with Crippen molar-refractivity contribution in [3.05, 3.63) is 82.4 Å². The summed E-state index contributed by atoms with van der Waals surface area (Å²) in [5.74, 6) is -0.235. The molecule has 0 saturated carbocycles. The Morgan fingerprint density at radius 1 is 1.13 bits per heavy atom. The van der Waals surface area contributed by atoms with Crippen molar-refractivity contribution in [1.29, 1.82) is 0 Å². The molecule has 30 heavy (non-hydrogen) atoms. The standard InChI is InChI=1S/C23H25ClN2O3.ClH/c1-2-28-23(27)19-11-8-14-26(17-19)15-16-29-25-22(18-9-4-3-5-10-18)20-12-6-7-13-21(20)24;/h3-7,9-13H,2,8,14-17H2,1H3;1H/b25-22-;. The molecular formula is C23H26Cl2N2O3. The van der Waals surface area contributed by atoms with E-state index >= 15 is 0 Å². The normalized spacial score (nSPS) is 14.5. The minimum atomic E-state index is -0.235. The Kier molecular flexibility index (Phi) is 9.87. The van der Waals surface area contributed by atoms with Gasteiger partial charge in [0.05, 0.1) is 11.6 Å². The van der Waals surface area contributed by atoms with Crippen LogP contribution in [0, 0.1) is 0 Å². The van der Waals surface area contributed by atoms with Gasteiger partial charge in [-0.05, 0) is 19.4 Å². The molecule has 0 aliphatic carbocycles. The van der Waals surface area contributed by atoms with E-state index < -0.39 is 0 Å². The lowest BCUT2D eigenvalue weighted by Gasteiger charge is -2.25. The van der Waals surface area contributed by atoms with Gasteiger partial charge in [0.2, 0.25) is 0 Å². The zero-order chi connectivity index (χ0) is 20.5. The highest BCUT2D eigenvalue weighted by Gasteiger charge is 2.19. The molecule has 160 valence electrons. The van der Waals surface area contributed by atoms with Crippen molar-refractivity contribution in [3.8, 4) is 0 Å². The van der Waals surface area contributed by atoms with Crippen molar-refractivity contribution in [2.24, 2.45) is 5.16 Å². The second-order valence-corrected chi connectivity index (χ2v) is 7.04. The van der Waals surface area contributed by atoms with Gasteiger partial charge in [-0.25, -0.2) is 4.79 Å². The third-order valence-electron chi connectivity index (χ3n) is 4.60. The lowest BCUT2D eigenvalue weighted by Crippen LogP contribution is -2.35. The number of benzene rings is 2. The maximum atomic E-state index is 11.9. The van der Waals surface area contributed by atoms with E-state index in [0.29, 0.717) is 42.6 Å². The highest BCUT2D eigenvalue weighted by atomic mass is 35.5. The van der Waals surface area contributed by atoms with E-state index in [4.69, 9.17) is 21.2 Å². The van der Waals surface area contributed by atoms with Crippen LogP contribution < -0.4 is 0 Å². The first-order valence-electron chi connectivity index (χ1n) is 9.78. The molecule has 1 aliphatic rings. The number of nitrogens with zero attached hydrogens (tertiary/aromatic N) is 2. The van der Waals surface area contributed by atoms with Gasteiger partial charge < -0.3 is 9.57 Å². The van der Waals surface area contributed by atoms with Gasteiger partial charge in [0.1, 0.15) is 12.3 Å². The lowest BCUT2D eigenvalue weighted by atomic mass is 10.0. The second kappa shape index (κ2) is 12.4. The topological polar surface area (TPSA) is 51.1 Å². The van der Waals surface area contributed by atoms with Crippen LogP contribution in [0.4, 0.5) is 0 Å². The predicted octanol–water partition coefficient (Wildman–Crippen LogP) is 4.73. The van der Waals surface area contributed by atoms with Crippen LogP contribution in [0.15, 0.2) is 71.4 Å². The van der Waals surface area contributed by atoms with Gasteiger partial charge in [0.15, 0.2) is 0 Å². The highest BCUT2D eigenvalue weighted by Crippen LogP contribution is 2.20. The molecule has 1 aliphatic heterocycles. The monoisotopic (exact) mass is 448 g/mol. The summed E-state index contributed by atoms with van der Waals surface area (Å²) in [6.07, 6.45) is 2.78. The minimum Gasteiger partial charge on any atom is -0.463 e. The molecule has 0 atom stereocenters. The lowest BCUT2D eigenvalue weighted by molar-refractivity contribution is -0.139. The summed E-state index contributed by atoms with van der Waals surface area (Å²) in [4.78, 5) is 19.7. The van der Waals surface area contributed by atoms with Crippen LogP contribution in [-0.4, -0.2) is 49.4 Å². The zero-order valence-electron chi connectivity index (χ0n) is 16.9. The third kappa shape index (κ3) is 6.59. The van der Waals surface area contributed by atoms with E-state index in [9.17, 15) is 4.79 Å². The third-order valence-corrected chi connectivity index (χ3v) is 4.93. The molecule has 0 unspecified atom stereocenters. The van der Waals surface area contributed by atoms with Crippen molar-refractivity contribution in [3.63, 3.8) is 0 Å². The van der Waals surface area contributed by atoms with Crippen LogP contribution in [-0.2, 0) is 14.4 Å². The van der Waals surface area contributed by atoms with E-state index in [1.807, 2.05) is 67.6 Å². The molecule has 3 rings (SSSR count). The summed E-state index contributed by atoms with van der Waals surface area (Å²) in [5, 5.41) is 5.02. The number of carbonyl (C=O) groups excluding carboxylic acids is 1. The summed E-state index contributed by atoms with van der Waals surface area (Å²) in [5.41, 5.74) is 3.17. The van der Waals surface area contributed by atoms with Crippen LogP contribution in [0.25, 0.3) is 0 Å². The maximum Gasteiger partial charge on any atom is 0.334 e. The van der Waals surface area contributed by atoms with Crippen LogP contribution in [0.1, 0.15) is 24.5 Å². The van der Waals surface area contributed by atoms with Crippen LogP contribution in [0.3, 0.4) is 0 Å². The largest absolute Gasteiger partial charge is 0.463 e. The highest BCUT2D eigenvalue weighted by molar-refractivity contribution is 6.35. The smallest absolute Gasteiger partial charge is 0.334 e. The van der Waals surface area contributed by atoms with E-state index in [1.165, 1.54) is 0 Å². The Bertz CT molecular complexity index is 885. The van der Waals surface area contributed by atoms with Crippen molar-refractivity contribution in [1.82, 2.24) is 4.90 Å². The van der Waals surface area contributed by atoms with E-state index in [2.05, 4.69) is 10.1 Å². The average molecular weight is 449 g/mol. The van der Waals surface area contributed by atoms with Crippen molar-refractivity contribution in [2.45, 2.75) is 13.3 Å². The molecule has 0 spiro atoms. The fraction of sp³-hybridized carbons (Fsp3) is 0.304. The van der Waals surface area contributed by atoms with Gasteiger partial charge in [-0.1, -0.05) is 71.4 Å². The molecule has 1 heterocycles. The van der Waals surface area contributed by atoms with Crippen molar-refractivity contribution < 1.29 is 14.4 Å². The first-order valence-corrected chi connectivity index (χ1v) is 10.2. The Morgan fingerprint density at radius 2 is 1.87 bits per heavy atom. The molecule has 0 saturated heterocycles. The Balaban J connectivity index is 0.00000320. The van der Waals surface area contributed by atoms with Gasteiger partial charge in [-0.15, -0.1) is 12.4 Å². The molecule has 2 aromatic carbocycles. The van der Waals surface area contributed by atoms with Gasteiger partial charge in [0.25, 0.3) is 0 Å². The number of ether oxygens (including phenoxy) is 1. The number of halogens is 2. The van der Waals surface area contributed by atoms with Gasteiger partial charge >= 0.3 is 5.97 Å². The summed E-state index contributed by atoms with van der Waals surface area (Å²) in [6.45, 7) is 4.74. The molecule has 0 N–H and O–H groups in total. The summed E-state index contributed by atoms with van der Waals surface area (Å²) >= 11 is 6.38. The number of hydrogen-bond donors (Lipinski definition) is 0. The average Bonchev–Trinajstić information content (AvgIpc) is 2.76. The van der Waals surface area contributed by atoms with Crippen molar-refractivity contribution in [2.75, 3.05) is 32.8 Å². The molecular weight excluding hydrogens is 423 g/mol. The number of oxime groups is 1. The quantitative estimate of drug-likeness (QED) is 0.253. The summed E-state index contributed by atoms with van der Waals surface area (Å²) in [6, 6.07) is 17.4. The molecule has 2 aromatic rings. The Hall–Kier alpha value is -2.34. The fourth-order valence-corrected chi connectivity index (χ4v) is 3.38. The van der Waals surface area contributed by atoms with E-state index in [1.54, 1.807) is 0 Å². The van der Waals surface area contributed by atoms with E-state index in [-0.39, 0.29) is 18.4 Å². The van der Waals surface area contributed by atoms with Gasteiger partial charge in [-0.2, -0.15) is 0 Å². The van der Waals surface area contributed by atoms with Crippen LogP contribution >= 0.6 is 24.0 Å². The number of hydrogen-bond acceptors (Lipinski definition) is 5. The Labute approximate surface area is 188 Å². The first kappa shape index (κ1) is 23.9. The molecule has 7 heteroatoms. The number of esters is 1. The molecule has 0 amide bonds. The van der Waals surface area contributed by atoms with Gasteiger partial charge in [-0.3, -0.25) is 4.90 Å². The molecule has 5 nitrogen and oxygen atoms in total. The number of rotatable bonds is 8. The van der Waals surface area contributed by atoms with Crippen LogP contribution in [0.5, 0.6) is 0 Å².